The summed E-state index contributed by atoms with van der Waals surface area (Å²) in [7, 11) is -8.36. The number of benzene rings is 1. The third-order valence-electron chi connectivity index (χ3n) is 2.18. The highest BCUT2D eigenvalue weighted by molar-refractivity contribution is 7.90. The van der Waals surface area contributed by atoms with E-state index in [1.807, 2.05) is 0 Å². The lowest BCUT2D eigenvalue weighted by molar-refractivity contribution is 0.596. The lowest BCUT2D eigenvalue weighted by Crippen LogP contribution is -2.18. The molecule has 0 aliphatic carbocycles. The first-order valence-corrected chi connectivity index (χ1v) is 7.73. The van der Waals surface area contributed by atoms with E-state index < -0.39 is 29.8 Å². The maximum absolute atomic E-state index is 11.5. The van der Waals surface area contributed by atoms with Gasteiger partial charge in [0.1, 0.15) is 0 Å². The second kappa shape index (κ2) is 4.34. The number of aromatic amines is 1. The summed E-state index contributed by atoms with van der Waals surface area (Å²) < 4.78 is 46.0. The van der Waals surface area contributed by atoms with Gasteiger partial charge in [-0.25, -0.2) is 32.2 Å². The van der Waals surface area contributed by atoms with Crippen molar-refractivity contribution >= 4 is 20.0 Å². The summed E-state index contributed by atoms with van der Waals surface area (Å²) in [4.78, 5) is -0.893. The summed E-state index contributed by atoms with van der Waals surface area (Å²) in [5.41, 5.74) is -0.294. The predicted octanol–water partition coefficient (Wildman–Crippen LogP) is -1.84. The molecule has 0 aliphatic rings. The summed E-state index contributed by atoms with van der Waals surface area (Å²) in [5, 5.41) is 22.3. The van der Waals surface area contributed by atoms with Gasteiger partial charge in [-0.3, -0.25) is 0 Å². The Labute approximate surface area is 107 Å². The van der Waals surface area contributed by atoms with Crippen molar-refractivity contribution in [1.29, 1.82) is 0 Å². The van der Waals surface area contributed by atoms with Crippen LogP contribution in [-0.2, 0) is 20.0 Å². The van der Waals surface area contributed by atoms with Gasteiger partial charge in [0.15, 0.2) is 5.82 Å². The maximum Gasteiger partial charge on any atom is 0.238 e. The van der Waals surface area contributed by atoms with Crippen LogP contribution in [0.3, 0.4) is 0 Å². The van der Waals surface area contributed by atoms with Crippen LogP contribution in [0.2, 0.25) is 0 Å². The zero-order valence-corrected chi connectivity index (χ0v) is 10.8. The van der Waals surface area contributed by atoms with Crippen molar-refractivity contribution in [2.45, 2.75) is 9.79 Å². The standard InChI is InChI=1S/C7H8N6O4S2/c8-18(14,15)4-2-1-3-5(19(9,16)17)6(4)7-10-12-13-11-7/h1-3H,(H2,8,14,15)(H2,9,16,17)(H,10,11,12,13). The van der Waals surface area contributed by atoms with Crippen LogP contribution in [-0.4, -0.2) is 37.5 Å². The van der Waals surface area contributed by atoms with Gasteiger partial charge in [0.2, 0.25) is 20.0 Å². The van der Waals surface area contributed by atoms with Gasteiger partial charge >= 0.3 is 0 Å². The minimum absolute atomic E-state index is 0.173. The number of tetrazole rings is 1. The van der Waals surface area contributed by atoms with Crippen LogP contribution >= 0.6 is 0 Å². The lowest BCUT2D eigenvalue weighted by Gasteiger charge is -2.09. The monoisotopic (exact) mass is 304 g/mol. The Bertz CT molecular complexity index is 761. The Hall–Kier alpha value is -1.89. The third kappa shape index (κ3) is 2.60. The Morgan fingerprint density at radius 2 is 1.53 bits per heavy atom. The van der Waals surface area contributed by atoms with Gasteiger partial charge in [0, 0.05) is 0 Å². The molecule has 2 rings (SSSR count). The Kier molecular flexibility index (Phi) is 3.09. The summed E-state index contributed by atoms with van der Waals surface area (Å²) in [6.07, 6.45) is 0. The molecule has 12 heteroatoms. The summed E-state index contributed by atoms with van der Waals surface area (Å²) >= 11 is 0. The average molecular weight is 304 g/mol. The van der Waals surface area contributed by atoms with Crippen LogP contribution < -0.4 is 10.3 Å². The predicted molar refractivity (Wildman–Crippen MR) is 62.4 cm³/mol. The Morgan fingerprint density at radius 1 is 1.00 bits per heavy atom. The molecule has 0 bridgehead atoms. The van der Waals surface area contributed by atoms with E-state index in [0.29, 0.717) is 0 Å². The number of primary sulfonamides is 2. The number of nitrogens with two attached hydrogens (primary N) is 2. The topological polar surface area (TPSA) is 175 Å². The van der Waals surface area contributed by atoms with Crippen LogP contribution in [0.25, 0.3) is 11.4 Å². The molecule has 0 saturated heterocycles. The van der Waals surface area contributed by atoms with Gasteiger partial charge in [0.25, 0.3) is 0 Å². The fourth-order valence-corrected chi connectivity index (χ4v) is 3.07. The van der Waals surface area contributed by atoms with Crippen molar-refractivity contribution in [2.24, 2.45) is 10.3 Å². The first kappa shape index (κ1) is 13.5. The van der Waals surface area contributed by atoms with E-state index in [1.165, 1.54) is 6.07 Å². The molecule has 0 fully saturated rings. The smallest absolute Gasteiger partial charge is 0.238 e. The number of rotatable bonds is 3. The molecule has 0 radical (unpaired) electrons. The first-order valence-electron chi connectivity index (χ1n) is 4.64. The molecular formula is C7H8N6O4S2. The van der Waals surface area contributed by atoms with E-state index in [-0.39, 0.29) is 11.4 Å². The summed E-state index contributed by atoms with van der Waals surface area (Å²) in [5.74, 6) is -0.173. The Balaban J connectivity index is 2.94. The Morgan fingerprint density at radius 3 is 1.89 bits per heavy atom. The number of hydrogen-bond acceptors (Lipinski definition) is 7. The molecule has 102 valence electrons. The van der Waals surface area contributed by atoms with E-state index >= 15 is 0 Å². The molecular weight excluding hydrogens is 296 g/mol. The molecule has 1 heterocycles. The minimum atomic E-state index is -4.18. The van der Waals surface area contributed by atoms with Crippen LogP contribution in [0.15, 0.2) is 28.0 Å². The van der Waals surface area contributed by atoms with Gasteiger partial charge in [0.05, 0.1) is 15.4 Å². The highest BCUT2D eigenvalue weighted by Crippen LogP contribution is 2.29. The number of sulfonamides is 2. The molecule has 5 N–H and O–H groups in total. The maximum atomic E-state index is 11.5. The SMILES string of the molecule is NS(=O)(=O)c1cccc(S(N)(=O)=O)c1-c1nnn[nH]1. The molecule has 2 aromatic rings. The number of nitrogens with zero attached hydrogens (tertiary/aromatic N) is 3. The van der Waals surface area contributed by atoms with Gasteiger partial charge in [-0.2, -0.15) is 0 Å². The first-order chi connectivity index (χ1) is 8.71. The van der Waals surface area contributed by atoms with E-state index in [0.717, 1.165) is 12.1 Å². The largest absolute Gasteiger partial charge is 0.239 e. The molecule has 10 nitrogen and oxygen atoms in total. The molecule has 0 atom stereocenters. The van der Waals surface area contributed by atoms with Crippen molar-refractivity contribution in [3.8, 4) is 11.4 Å². The highest BCUT2D eigenvalue weighted by Gasteiger charge is 2.25. The molecule has 19 heavy (non-hydrogen) atoms. The van der Waals surface area contributed by atoms with Gasteiger partial charge in [-0.05, 0) is 22.6 Å². The normalized spacial score (nSPS) is 12.5. The van der Waals surface area contributed by atoms with Crippen molar-refractivity contribution in [3.63, 3.8) is 0 Å². The van der Waals surface area contributed by atoms with Crippen molar-refractivity contribution in [2.75, 3.05) is 0 Å². The quantitative estimate of drug-likeness (QED) is 0.596. The fourth-order valence-electron chi connectivity index (χ4n) is 1.48. The zero-order valence-electron chi connectivity index (χ0n) is 9.18. The minimum Gasteiger partial charge on any atom is -0.239 e. The van der Waals surface area contributed by atoms with Crippen LogP contribution in [0.1, 0.15) is 0 Å². The van der Waals surface area contributed by atoms with E-state index in [1.54, 1.807) is 0 Å². The van der Waals surface area contributed by atoms with E-state index in [4.69, 9.17) is 10.3 Å². The van der Waals surface area contributed by atoms with E-state index in [2.05, 4.69) is 20.6 Å². The molecule has 1 aromatic carbocycles. The zero-order chi connectivity index (χ0) is 14.3. The second-order valence-corrected chi connectivity index (χ2v) is 6.53. The summed E-state index contributed by atoms with van der Waals surface area (Å²) in [6.45, 7) is 0. The number of nitrogens with one attached hydrogen (secondary N) is 1. The van der Waals surface area contributed by atoms with Gasteiger partial charge in [-0.1, -0.05) is 6.07 Å². The molecule has 0 amide bonds. The number of aromatic nitrogens is 4. The van der Waals surface area contributed by atoms with Crippen molar-refractivity contribution in [3.05, 3.63) is 18.2 Å². The van der Waals surface area contributed by atoms with Crippen LogP contribution in [0.5, 0.6) is 0 Å². The number of hydrogen-bond donors (Lipinski definition) is 3. The average Bonchev–Trinajstić information content (AvgIpc) is 2.78. The second-order valence-electron chi connectivity index (χ2n) is 3.47. The van der Waals surface area contributed by atoms with Crippen LogP contribution in [0.4, 0.5) is 0 Å². The van der Waals surface area contributed by atoms with Crippen LogP contribution in [0, 0.1) is 0 Å². The lowest BCUT2D eigenvalue weighted by atomic mass is 10.2. The van der Waals surface area contributed by atoms with Gasteiger partial charge < -0.3 is 0 Å². The molecule has 0 saturated carbocycles. The van der Waals surface area contributed by atoms with Gasteiger partial charge in [-0.15, -0.1) is 5.10 Å². The molecule has 0 unspecified atom stereocenters. The molecule has 1 aromatic heterocycles. The summed E-state index contributed by atoms with van der Waals surface area (Å²) in [6, 6.07) is 3.45. The van der Waals surface area contributed by atoms with Crippen molar-refractivity contribution in [1.82, 2.24) is 20.6 Å². The van der Waals surface area contributed by atoms with E-state index in [9.17, 15) is 16.8 Å². The van der Waals surface area contributed by atoms with Crippen molar-refractivity contribution < 1.29 is 16.8 Å². The molecule has 0 spiro atoms. The molecule has 0 aliphatic heterocycles. The highest BCUT2D eigenvalue weighted by atomic mass is 32.2. The number of H-pyrrole nitrogens is 1. The third-order valence-corrected chi connectivity index (χ3v) is 4.09. The fraction of sp³-hybridized carbons (Fsp3) is 0.